The van der Waals surface area contributed by atoms with Gasteiger partial charge in [0.05, 0.1) is 11.8 Å². The molecule has 5 atom stereocenters. The number of rotatable bonds is 6. The number of imide groups is 1. The Hall–Kier alpha value is -2.96. The fourth-order valence-corrected chi connectivity index (χ4v) is 5.17. The van der Waals surface area contributed by atoms with Crippen molar-refractivity contribution in [1.82, 2.24) is 4.90 Å². The summed E-state index contributed by atoms with van der Waals surface area (Å²) in [6.07, 6.45) is 4.86. The third-order valence-electron chi connectivity index (χ3n) is 6.88. The standard InChI is InChI=1S/C24H28N2O5/c1-12(2)21(26-22(28)19-15-8-9-16(10-15)20(19)23(26)29)24(30)31-11-18(27)25-17-7-5-6-13(3)14(17)4/h5-9,12,15-16,19-21H,10-11H2,1-4H3,(H,25,27)/t15-,16-,19-,20-,21-/m0/s1. The van der Waals surface area contributed by atoms with E-state index < -0.39 is 24.5 Å². The number of hydrogen-bond donors (Lipinski definition) is 1. The second-order valence-corrected chi connectivity index (χ2v) is 9.14. The Kier molecular flexibility index (Phi) is 5.45. The zero-order chi connectivity index (χ0) is 22.4. The van der Waals surface area contributed by atoms with Crippen molar-refractivity contribution in [2.75, 3.05) is 11.9 Å². The largest absolute Gasteiger partial charge is 0.454 e. The van der Waals surface area contributed by atoms with Crippen molar-refractivity contribution in [1.29, 1.82) is 0 Å². The van der Waals surface area contributed by atoms with Crippen LogP contribution in [0.1, 0.15) is 31.4 Å². The molecule has 7 heteroatoms. The first-order valence-electron chi connectivity index (χ1n) is 10.8. The zero-order valence-electron chi connectivity index (χ0n) is 18.3. The molecular formula is C24H28N2O5. The van der Waals surface area contributed by atoms with E-state index in [1.807, 2.05) is 38.1 Å². The van der Waals surface area contributed by atoms with Crippen molar-refractivity contribution >= 4 is 29.4 Å². The first-order chi connectivity index (χ1) is 14.7. The Labute approximate surface area is 181 Å². The van der Waals surface area contributed by atoms with Crippen LogP contribution in [0.5, 0.6) is 0 Å². The van der Waals surface area contributed by atoms with Crippen LogP contribution in [0, 0.1) is 43.4 Å². The number of nitrogens with zero attached hydrogens (tertiary/aromatic N) is 1. The van der Waals surface area contributed by atoms with E-state index >= 15 is 0 Å². The van der Waals surface area contributed by atoms with E-state index in [-0.39, 0.29) is 41.4 Å². The number of ether oxygens (including phenoxy) is 1. The van der Waals surface area contributed by atoms with Crippen LogP contribution in [0.25, 0.3) is 0 Å². The molecule has 164 valence electrons. The summed E-state index contributed by atoms with van der Waals surface area (Å²) in [4.78, 5) is 52.5. The molecule has 0 unspecified atom stereocenters. The van der Waals surface area contributed by atoms with Crippen LogP contribution < -0.4 is 5.32 Å². The maximum atomic E-state index is 13.1. The Balaban J connectivity index is 1.43. The molecule has 7 nitrogen and oxygen atoms in total. The van der Waals surface area contributed by atoms with Gasteiger partial charge >= 0.3 is 5.97 Å². The summed E-state index contributed by atoms with van der Waals surface area (Å²) in [6, 6.07) is 4.53. The van der Waals surface area contributed by atoms with Crippen molar-refractivity contribution in [3.63, 3.8) is 0 Å². The molecule has 31 heavy (non-hydrogen) atoms. The van der Waals surface area contributed by atoms with Crippen molar-refractivity contribution in [3.8, 4) is 0 Å². The maximum absolute atomic E-state index is 13.1. The van der Waals surface area contributed by atoms with E-state index in [9.17, 15) is 19.2 Å². The number of benzene rings is 1. The molecule has 2 bridgehead atoms. The van der Waals surface area contributed by atoms with E-state index in [2.05, 4.69) is 5.32 Å². The van der Waals surface area contributed by atoms with Gasteiger partial charge in [-0.3, -0.25) is 19.3 Å². The van der Waals surface area contributed by atoms with Gasteiger partial charge < -0.3 is 10.1 Å². The molecule has 1 aromatic carbocycles. The molecule has 0 spiro atoms. The highest BCUT2D eigenvalue weighted by Gasteiger charge is 2.61. The van der Waals surface area contributed by atoms with Crippen LogP contribution >= 0.6 is 0 Å². The second-order valence-electron chi connectivity index (χ2n) is 9.14. The number of likely N-dealkylation sites (tertiary alicyclic amines) is 1. The average molecular weight is 424 g/mol. The summed E-state index contributed by atoms with van der Waals surface area (Å²) >= 11 is 0. The van der Waals surface area contributed by atoms with E-state index in [4.69, 9.17) is 4.74 Å². The van der Waals surface area contributed by atoms with Crippen LogP contribution in [0.4, 0.5) is 5.69 Å². The monoisotopic (exact) mass is 424 g/mol. The van der Waals surface area contributed by atoms with Gasteiger partial charge in [0.15, 0.2) is 6.61 Å². The number of nitrogens with one attached hydrogen (secondary N) is 1. The lowest BCUT2D eigenvalue weighted by Gasteiger charge is -2.28. The molecule has 1 aliphatic heterocycles. The van der Waals surface area contributed by atoms with Gasteiger partial charge in [-0.15, -0.1) is 0 Å². The SMILES string of the molecule is Cc1cccc(NC(=O)COC(=O)[C@H](C(C)C)N2C(=O)[C@@H]3[C@@H](C2=O)[C@H]2C=C[C@H]3C2)c1C. The van der Waals surface area contributed by atoms with E-state index in [1.165, 1.54) is 0 Å². The van der Waals surface area contributed by atoms with Crippen molar-refractivity contribution in [2.24, 2.45) is 29.6 Å². The molecule has 1 saturated heterocycles. The van der Waals surface area contributed by atoms with Gasteiger partial charge in [-0.1, -0.05) is 38.1 Å². The Morgan fingerprint density at radius 1 is 1.10 bits per heavy atom. The highest BCUT2D eigenvalue weighted by molar-refractivity contribution is 6.09. The predicted molar refractivity (Wildman–Crippen MR) is 114 cm³/mol. The minimum atomic E-state index is -1.03. The molecule has 2 fully saturated rings. The molecular weight excluding hydrogens is 396 g/mol. The molecule has 0 radical (unpaired) electrons. The van der Waals surface area contributed by atoms with Gasteiger partial charge in [0, 0.05) is 5.69 Å². The molecule has 1 saturated carbocycles. The van der Waals surface area contributed by atoms with Crippen LogP contribution in [0.3, 0.4) is 0 Å². The maximum Gasteiger partial charge on any atom is 0.330 e. The van der Waals surface area contributed by atoms with E-state index in [0.29, 0.717) is 5.69 Å². The number of aryl methyl sites for hydroxylation is 1. The highest BCUT2D eigenvalue weighted by Crippen LogP contribution is 2.53. The van der Waals surface area contributed by atoms with Crippen molar-refractivity contribution in [2.45, 2.75) is 40.2 Å². The first-order valence-corrected chi connectivity index (χ1v) is 10.8. The van der Waals surface area contributed by atoms with Gasteiger partial charge in [0.2, 0.25) is 11.8 Å². The molecule has 0 aromatic heterocycles. The lowest BCUT2D eigenvalue weighted by Crippen LogP contribution is -2.50. The zero-order valence-corrected chi connectivity index (χ0v) is 18.3. The highest BCUT2D eigenvalue weighted by atomic mass is 16.5. The Morgan fingerprint density at radius 3 is 2.29 bits per heavy atom. The fraction of sp³-hybridized carbons (Fsp3) is 0.500. The summed E-state index contributed by atoms with van der Waals surface area (Å²) in [5.41, 5.74) is 2.63. The number of anilines is 1. The fourth-order valence-electron chi connectivity index (χ4n) is 5.17. The van der Waals surface area contributed by atoms with Crippen molar-refractivity contribution in [3.05, 3.63) is 41.5 Å². The van der Waals surface area contributed by atoms with Crippen LogP contribution in [0.2, 0.25) is 0 Å². The molecule has 4 rings (SSSR count). The minimum Gasteiger partial charge on any atom is -0.454 e. The summed E-state index contributed by atoms with van der Waals surface area (Å²) < 4.78 is 5.26. The summed E-state index contributed by atoms with van der Waals surface area (Å²) in [5, 5.41) is 2.74. The number of carbonyl (C=O) groups excluding carboxylic acids is 4. The summed E-state index contributed by atoms with van der Waals surface area (Å²) in [7, 11) is 0. The van der Waals surface area contributed by atoms with Gasteiger partial charge in [0.1, 0.15) is 6.04 Å². The quantitative estimate of drug-likeness (QED) is 0.431. The lowest BCUT2D eigenvalue weighted by molar-refractivity contribution is -0.162. The lowest BCUT2D eigenvalue weighted by atomic mass is 9.85. The number of esters is 1. The minimum absolute atomic E-state index is 0.0728. The summed E-state index contributed by atoms with van der Waals surface area (Å²) in [5.74, 6) is -2.70. The van der Waals surface area contributed by atoms with Crippen molar-refractivity contribution < 1.29 is 23.9 Å². The van der Waals surface area contributed by atoms with E-state index in [1.54, 1.807) is 19.9 Å². The Morgan fingerprint density at radius 2 is 1.71 bits per heavy atom. The molecule has 2 aliphatic carbocycles. The predicted octanol–water partition coefficient (Wildman–Crippen LogP) is 2.62. The number of carbonyl (C=O) groups is 4. The number of allylic oxidation sites excluding steroid dienone is 2. The van der Waals surface area contributed by atoms with Crippen LogP contribution in [-0.2, 0) is 23.9 Å². The molecule has 3 aliphatic rings. The van der Waals surface area contributed by atoms with Gasteiger partial charge in [-0.2, -0.15) is 0 Å². The number of hydrogen-bond acceptors (Lipinski definition) is 5. The first kappa shape index (κ1) is 21.3. The third-order valence-corrected chi connectivity index (χ3v) is 6.88. The molecule has 1 aromatic rings. The molecule has 1 N–H and O–H groups in total. The third kappa shape index (κ3) is 3.56. The molecule has 3 amide bonds. The van der Waals surface area contributed by atoms with E-state index in [0.717, 1.165) is 22.4 Å². The van der Waals surface area contributed by atoms with Crippen LogP contribution in [0.15, 0.2) is 30.4 Å². The van der Waals surface area contributed by atoms with Gasteiger partial charge in [-0.05, 0) is 55.2 Å². The number of fused-ring (bicyclic) bond motifs is 5. The normalized spacial score (nSPS) is 27.1. The second kappa shape index (κ2) is 7.94. The Bertz CT molecular complexity index is 952. The van der Waals surface area contributed by atoms with Gasteiger partial charge in [-0.25, -0.2) is 4.79 Å². The van der Waals surface area contributed by atoms with Gasteiger partial charge in [0.25, 0.3) is 5.91 Å². The topological polar surface area (TPSA) is 92.8 Å². The smallest absolute Gasteiger partial charge is 0.330 e. The number of amides is 3. The van der Waals surface area contributed by atoms with Crippen LogP contribution in [-0.4, -0.2) is 41.2 Å². The molecule has 1 heterocycles. The average Bonchev–Trinajstić information content (AvgIpc) is 3.40. The summed E-state index contributed by atoms with van der Waals surface area (Å²) in [6.45, 7) is 6.90.